The van der Waals surface area contributed by atoms with Crippen LogP contribution in [0.25, 0.3) is 16.8 Å². The van der Waals surface area contributed by atoms with Gasteiger partial charge in [0.1, 0.15) is 0 Å². The maximum absolute atomic E-state index is 12.5. The fourth-order valence-corrected chi connectivity index (χ4v) is 3.90. The lowest BCUT2D eigenvalue weighted by Gasteiger charge is -2.09. The van der Waals surface area contributed by atoms with Crippen LogP contribution in [0.4, 0.5) is 5.69 Å². The first-order valence-corrected chi connectivity index (χ1v) is 11.4. The van der Waals surface area contributed by atoms with Crippen molar-refractivity contribution in [1.82, 2.24) is 19.5 Å². The number of pyridine rings is 1. The van der Waals surface area contributed by atoms with Crippen LogP contribution in [0.2, 0.25) is 0 Å². The first-order valence-electron chi connectivity index (χ1n) is 11.4. The zero-order valence-electron chi connectivity index (χ0n) is 19.3. The van der Waals surface area contributed by atoms with Crippen LogP contribution in [0.5, 0.6) is 0 Å². The SMILES string of the molecule is O=C(CNC(=O)c1ccc(-c2ccccc2)cc1)Nc1cccc(Cn2nc3ccccn3c2=O)c1. The third kappa shape index (κ3) is 5.07. The molecule has 0 spiro atoms. The summed E-state index contributed by atoms with van der Waals surface area (Å²) in [5.41, 5.74) is 4.25. The molecule has 3 aromatic carbocycles. The third-order valence-corrected chi connectivity index (χ3v) is 5.70. The van der Waals surface area contributed by atoms with E-state index in [1.807, 2.05) is 54.6 Å². The molecule has 5 aromatic rings. The Hall–Kier alpha value is -4.98. The Balaban J connectivity index is 1.17. The summed E-state index contributed by atoms with van der Waals surface area (Å²) in [4.78, 5) is 37.4. The highest BCUT2D eigenvalue weighted by Crippen LogP contribution is 2.19. The van der Waals surface area contributed by atoms with E-state index < -0.39 is 0 Å². The van der Waals surface area contributed by atoms with Gasteiger partial charge in [-0.1, -0.05) is 60.7 Å². The number of carbonyl (C=O) groups excluding carboxylic acids is 2. The fourth-order valence-electron chi connectivity index (χ4n) is 3.90. The molecule has 2 aromatic heterocycles. The van der Waals surface area contributed by atoms with Gasteiger partial charge in [0.25, 0.3) is 5.91 Å². The molecule has 8 nitrogen and oxygen atoms in total. The molecule has 0 bridgehead atoms. The standard InChI is InChI=1S/C28H23N5O3/c34-26(18-29-27(35)23-14-12-22(13-15-23)21-8-2-1-3-9-21)30-24-10-6-7-20(17-24)19-33-28(36)32-16-5-4-11-25(32)31-33/h1-17H,18-19H2,(H,29,35)(H,30,34). The predicted molar refractivity (Wildman–Crippen MR) is 138 cm³/mol. The topological polar surface area (TPSA) is 97.5 Å². The van der Waals surface area contributed by atoms with Gasteiger partial charge in [-0.3, -0.25) is 14.0 Å². The average Bonchev–Trinajstić information content (AvgIpc) is 3.23. The van der Waals surface area contributed by atoms with Gasteiger partial charge in [-0.15, -0.1) is 5.10 Å². The Morgan fingerprint density at radius 1 is 0.806 bits per heavy atom. The third-order valence-electron chi connectivity index (χ3n) is 5.70. The zero-order valence-corrected chi connectivity index (χ0v) is 19.3. The quantitative estimate of drug-likeness (QED) is 0.374. The van der Waals surface area contributed by atoms with E-state index in [4.69, 9.17) is 0 Å². The number of aromatic nitrogens is 3. The Labute approximate surface area is 206 Å². The van der Waals surface area contributed by atoms with Crippen LogP contribution in [-0.2, 0) is 11.3 Å². The van der Waals surface area contributed by atoms with Crippen LogP contribution < -0.4 is 16.3 Å². The molecular weight excluding hydrogens is 454 g/mol. The molecule has 0 aliphatic carbocycles. The maximum atomic E-state index is 12.5. The largest absolute Gasteiger partial charge is 0.350 e. The van der Waals surface area contributed by atoms with Crippen molar-refractivity contribution in [3.63, 3.8) is 0 Å². The molecule has 0 radical (unpaired) electrons. The molecule has 5 rings (SSSR count). The second-order valence-corrected chi connectivity index (χ2v) is 8.24. The van der Waals surface area contributed by atoms with Gasteiger partial charge in [0.15, 0.2) is 5.65 Å². The summed E-state index contributed by atoms with van der Waals surface area (Å²) < 4.78 is 2.85. The number of anilines is 1. The van der Waals surface area contributed by atoms with E-state index in [0.29, 0.717) is 16.9 Å². The number of hydrogen-bond acceptors (Lipinski definition) is 4. The number of nitrogens with zero attached hydrogens (tertiary/aromatic N) is 3. The lowest BCUT2D eigenvalue weighted by molar-refractivity contribution is -0.115. The number of carbonyl (C=O) groups is 2. The lowest BCUT2D eigenvalue weighted by atomic mass is 10.0. The first kappa shape index (κ1) is 22.8. The Kier molecular flexibility index (Phi) is 6.40. The van der Waals surface area contributed by atoms with Gasteiger partial charge in [0.2, 0.25) is 5.91 Å². The fraction of sp³-hybridized carbons (Fsp3) is 0.0714. The highest BCUT2D eigenvalue weighted by Gasteiger charge is 2.10. The van der Waals surface area contributed by atoms with E-state index in [9.17, 15) is 14.4 Å². The summed E-state index contributed by atoms with van der Waals surface area (Å²) in [6, 6.07) is 29.6. The van der Waals surface area contributed by atoms with E-state index in [1.54, 1.807) is 48.7 Å². The van der Waals surface area contributed by atoms with Crippen molar-refractivity contribution in [2.75, 3.05) is 11.9 Å². The number of benzene rings is 3. The molecule has 0 aliphatic rings. The van der Waals surface area contributed by atoms with Gasteiger partial charge in [0, 0.05) is 17.4 Å². The summed E-state index contributed by atoms with van der Waals surface area (Å²) in [7, 11) is 0. The number of hydrogen-bond donors (Lipinski definition) is 2. The van der Waals surface area contributed by atoms with Crippen LogP contribution in [0.1, 0.15) is 15.9 Å². The minimum absolute atomic E-state index is 0.171. The Morgan fingerprint density at radius 2 is 1.56 bits per heavy atom. The highest BCUT2D eigenvalue weighted by molar-refractivity contribution is 5.99. The van der Waals surface area contributed by atoms with Crippen LogP contribution in [0.3, 0.4) is 0 Å². The number of nitrogens with one attached hydrogen (secondary N) is 2. The maximum Gasteiger partial charge on any atom is 0.350 e. The second kappa shape index (κ2) is 10.1. The minimum Gasteiger partial charge on any atom is -0.343 e. The molecule has 0 fully saturated rings. The van der Waals surface area contributed by atoms with Crippen LogP contribution >= 0.6 is 0 Å². The lowest BCUT2D eigenvalue weighted by Crippen LogP contribution is -2.32. The summed E-state index contributed by atoms with van der Waals surface area (Å²) in [5.74, 6) is -0.684. The molecule has 0 saturated carbocycles. The number of rotatable bonds is 7. The van der Waals surface area contributed by atoms with Gasteiger partial charge in [-0.25, -0.2) is 9.48 Å². The number of amides is 2. The Bertz CT molecular complexity index is 1590. The molecule has 2 N–H and O–H groups in total. The molecule has 2 heterocycles. The predicted octanol–water partition coefficient (Wildman–Crippen LogP) is 3.58. The molecule has 8 heteroatoms. The summed E-state index contributed by atoms with van der Waals surface area (Å²) in [5, 5.41) is 9.76. The van der Waals surface area contributed by atoms with Gasteiger partial charge in [-0.05, 0) is 53.1 Å². The normalized spacial score (nSPS) is 10.8. The molecule has 178 valence electrons. The molecular formula is C28H23N5O3. The Morgan fingerprint density at radius 3 is 2.33 bits per heavy atom. The van der Waals surface area contributed by atoms with Crippen LogP contribution in [-0.4, -0.2) is 32.5 Å². The highest BCUT2D eigenvalue weighted by atomic mass is 16.2. The summed E-state index contributed by atoms with van der Waals surface area (Å²) >= 11 is 0. The second-order valence-electron chi connectivity index (χ2n) is 8.24. The van der Waals surface area contributed by atoms with Crippen molar-refractivity contribution in [3.05, 3.63) is 125 Å². The van der Waals surface area contributed by atoms with E-state index in [0.717, 1.165) is 16.7 Å². The van der Waals surface area contributed by atoms with Crippen molar-refractivity contribution in [3.8, 4) is 11.1 Å². The van der Waals surface area contributed by atoms with Crippen LogP contribution in [0, 0.1) is 0 Å². The van der Waals surface area contributed by atoms with Gasteiger partial charge in [0.05, 0.1) is 13.1 Å². The van der Waals surface area contributed by atoms with Gasteiger partial charge < -0.3 is 10.6 Å². The van der Waals surface area contributed by atoms with Crippen molar-refractivity contribution in [1.29, 1.82) is 0 Å². The zero-order chi connectivity index (χ0) is 24.9. The van der Waals surface area contributed by atoms with Crippen molar-refractivity contribution < 1.29 is 9.59 Å². The molecule has 2 amide bonds. The van der Waals surface area contributed by atoms with E-state index >= 15 is 0 Å². The smallest absolute Gasteiger partial charge is 0.343 e. The van der Waals surface area contributed by atoms with Crippen molar-refractivity contribution in [2.24, 2.45) is 0 Å². The molecule has 36 heavy (non-hydrogen) atoms. The first-order chi connectivity index (χ1) is 17.6. The van der Waals surface area contributed by atoms with Crippen molar-refractivity contribution in [2.45, 2.75) is 6.54 Å². The van der Waals surface area contributed by atoms with E-state index in [2.05, 4.69) is 15.7 Å². The van der Waals surface area contributed by atoms with Crippen LogP contribution in [0.15, 0.2) is 108 Å². The molecule has 0 aliphatic heterocycles. The summed E-state index contributed by atoms with van der Waals surface area (Å²) in [6.07, 6.45) is 1.67. The molecule has 0 saturated heterocycles. The summed E-state index contributed by atoms with van der Waals surface area (Å²) in [6.45, 7) is 0.0926. The van der Waals surface area contributed by atoms with E-state index in [-0.39, 0.29) is 30.6 Å². The number of fused-ring (bicyclic) bond motifs is 1. The monoisotopic (exact) mass is 477 g/mol. The minimum atomic E-state index is -0.355. The van der Waals surface area contributed by atoms with Gasteiger partial charge >= 0.3 is 5.69 Å². The van der Waals surface area contributed by atoms with E-state index in [1.165, 1.54) is 9.08 Å². The average molecular weight is 478 g/mol. The molecule has 0 unspecified atom stereocenters. The van der Waals surface area contributed by atoms with Gasteiger partial charge in [-0.2, -0.15) is 0 Å². The molecule has 0 atom stereocenters. The van der Waals surface area contributed by atoms with Crippen molar-refractivity contribution >= 4 is 23.1 Å².